The Morgan fingerprint density at radius 3 is 2.53 bits per heavy atom. The number of imidazole rings is 1. The van der Waals surface area contributed by atoms with E-state index in [9.17, 15) is 14.7 Å². The third kappa shape index (κ3) is 3.09. The van der Waals surface area contributed by atoms with Crippen LogP contribution in [0.2, 0.25) is 5.02 Å². The van der Waals surface area contributed by atoms with Crippen LogP contribution < -0.4 is 4.90 Å². The number of hydrogen-bond donors (Lipinski definition) is 1. The van der Waals surface area contributed by atoms with Crippen LogP contribution in [-0.2, 0) is 9.59 Å². The number of rotatable bonds is 3. The Labute approximate surface area is 191 Å². The van der Waals surface area contributed by atoms with Crippen molar-refractivity contribution >= 4 is 51.2 Å². The molecule has 1 amide bonds. The molecule has 1 atom stereocenters. The number of aliphatic hydroxyl groups excluding tert-OH is 1. The lowest BCUT2D eigenvalue weighted by Crippen LogP contribution is -2.29. The van der Waals surface area contributed by atoms with Gasteiger partial charge in [-0.2, -0.15) is 0 Å². The van der Waals surface area contributed by atoms with Gasteiger partial charge in [0.1, 0.15) is 16.3 Å². The van der Waals surface area contributed by atoms with Crippen LogP contribution >= 0.6 is 22.9 Å². The zero-order chi connectivity index (χ0) is 22.6. The van der Waals surface area contributed by atoms with Gasteiger partial charge in [0.15, 0.2) is 5.76 Å². The van der Waals surface area contributed by atoms with E-state index in [4.69, 9.17) is 11.6 Å². The van der Waals surface area contributed by atoms with Crippen LogP contribution in [-0.4, -0.2) is 36.4 Å². The first kappa shape index (κ1) is 20.3. The zero-order valence-corrected chi connectivity index (χ0v) is 18.6. The highest BCUT2D eigenvalue weighted by Crippen LogP contribution is 2.43. The number of Topliss-reactive ketones (excluding diaryl/α,β-unsaturated/α-hetero) is 1. The number of carbonyl (C=O) groups excluding carboxylic acids is 2. The second-order valence-electron chi connectivity index (χ2n) is 7.30. The summed E-state index contributed by atoms with van der Waals surface area (Å²) in [6.07, 6.45) is 1.74. The zero-order valence-electron chi connectivity index (χ0n) is 17.0. The number of carbonyl (C=O) groups is 2. The molecule has 1 fully saturated rings. The summed E-state index contributed by atoms with van der Waals surface area (Å²) in [5.41, 5.74) is 2.06. The smallest absolute Gasteiger partial charge is 0.301 e. The Morgan fingerprint density at radius 1 is 1.09 bits per heavy atom. The quantitative estimate of drug-likeness (QED) is 0.278. The van der Waals surface area contributed by atoms with Crippen molar-refractivity contribution in [2.24, 2.45) is 0 Å². The molecule has 1 aliphatic rings. The molecule has 8 nitrogen and oxygen atoms in total. The van der Waals surface area contributed by atoms with E-state index < -0.39 is 17.7 Å². The van der Waals surface area contributed by atoms with E-state index in [1.807, 2.05) is 6.07 Å². The van der Waals surface area contributed by atoms with Gasteiger partial charge in [-0.15, -0.1) is 10.2 Å². The van der Waals surface area contributed by atoms with Gasteiger partial charge >= 0.3 is 5.91 Å². The molecule has 0 saturated carbocycles. The summed E-state index contributed by atoms with van der Waals surface area (Å²) < 4.78 is 1.69. The minimum Gasteiger partial charge on any atom is -0.505 e. The standard InChI is InChI=1S/C22H16ClN5O3S/c1-11-17(27-10-4-3-5-15(27)24-11)19(29)16-18(13-6-8-14(23)9-7-13)28(21(31)20(16)30)22-26-25-12(2)32-22/h3-10,18,29H,1-2H3. The number of pyridine rings is 1. The lowest BCUT2D eigenvalue weighted by atomic mass is 9.96. The molecular weight excluding hydrogens is 450 g/mol. The molecule has 0 bridgehead atoms. The fourth-order valence-corrected chi connectivity index (χ4v) is 4.74. The fourth-order valence-electron chi connectivity index (χ4n) is 3.90. The van der Waals surface area contributed by atoms with Gasteiger partial charge in [0.05, 0.1) is 17.3 Å². The first-order chi connectivity index (χ1) is 15.4. The number of aliphatic hydroxyl groups is 1. The first-order valence-corrected chi connectivity index (χ1v) is 10.9. The summed E-state index contributed by atoms with van der Waals surface area (Å²) in [5, 5.41) is 20.9. The number of aryl methyl sites for hydroxylation is 2. The highest BCUT2D eigenvalue weighted by molar-refractivity contribution is 7.15. The van der Waals surface area contributed by atoms with Crippen LogP contribution in [0.25, 0.3) is 11.4 Å². The molecule has 4 heterocycles. The van der Waals surface area contributed by atoms with Crippen LogP contribution in [0, 0.1) is 13.8 Å². The van der Waals surface area contributed by atoms with Crippen molar-refractivity contribution in [2.75, 3.05) is 4.90 Å². The van der Waals surface area contributed by atoms with E-state index in [0.717, 1.165) is 0 Å². The van der Waals surface area contributed by atoms with Gasteiger partial charge in [0, 0.05) is 11.2 Å². The number of anilines is 1. The molecular formula is C22H16ClN5O3S. The number of amides is 1. The summed E-state index contributed by atoms with van der Waals surface area (Å²) in [7, 11) is 0. The first-order valence-electron chi connectivity index (χ1n) is 9.67. The lowest BCUT2D eigenvalue weighted by molar-refractivity contribution is -0.132. The van der Waals surface area contributed by atoms with E-state index in [2.05, 4.69) is 15.2 Å². The van der Waals surface area contributed by atoms with Crippen molar-refractivity contribution < 1.29 is 14.7 Å². The van der Waals surface area contributed by atoms with Crippen molar-refractivity contribution in [3.8, 4) is 0 Å². The van der Waals surface area contributed by atoms with Crippen LogP contribution in [0.15, 0.2) is 54.2 Å². The Kier molecular flexibility index (Phi) is 4.79. The monoisotopic (exact) mass is 465 g/mol. The van der Waals surface area contributed by atoms with Crippen molar-refractivity contribution in [3.05, 3.63) is 81.2 Å². The highest BCUT2D eigenvalue weighted by Gasteiger charge is 2.48. The number of nitrogens with zero attached hydrogens (tertiary/aromatic N) is 5. The molecule has 4 aromatic rings. The predicted octanol–water partition coefficient (Wildman–Crippen LogP) is 4.08. The van der Waals surface area contributed by atoms with Gasteiger partial charge in [0.2, 0.25) is 5.13 Å². The van der Waals surface area contributed by atoms with Gasteiger partial charge in [-0.05, 0) is 43.7 Å². The normalized spacial score (nSPS) is 18.1. The molecule has 5 rings (SSSR count). The molecule has 1 saturated heterocycles. The summed E-state index contributed by atoms with van der Waals surface area (Å²) in [6.45, 7) is 3.50. The van der Waals surface area contributed by atoms with Crippen molar-refractivity contribution in [3.63, 3.8) is 0 Å². The Balaban J connectivity index is 1.78. The lowest BCUT2D eigenvalue weighted by Gasteiger charge is -2.22. The Morgan fingerprint density at radius 2 is 1.84 bits per heavy atom. The maximum Gasteiger partial charge on any atom is 0.301 e. The van der Waals surface area contributed by atoms with Crippen molar-refractivity contribution in [2.45, 2.75) is 19.9 Å². The van der Waals surface area contributed by atoms with Crippen molar-refractivity contribution in [1.82, 2.24) is 19.6 Å². The summed E-state index contributed by atoms with van der Waals surface area (Å²) >= 11 is 7.25. The fraction of sp³-hybridized carbons (Fsp3) is 0.136. The van der Waals surface area contributed by atoms with E-state index in [0.29, 0.717) is 32.6 Å². The van der Waals surface area contributed by atoms with Crippen molar-refractivity contribution in [1.29, 1.82) is 0 Å². The number of hydrogen-bond acceptors (Lipinski definition) is 7. The molecule has 1 aliphatic heterocycles. The molecule has 1 unspecified atom stereocenters. The third-order valence-corrected chi connectivity index (χ3v) is 6.37. The maximum atomic E-state index is 13.2. The van der Waals surface area contributed by atoms with Gasteiger partial charge in [-0.1, -0.05) is 41.1 Å². The molecule has 1 aromatic carbocycles. The summed E-state index contributed by atoms with van der Waals surface area (Å²) in [4.78, 5) is 32.1. The topological polar surface area (TPSA) is 101 Å². The van der Waals surface area contributed by atoms with E-state index >= 15 is 0 Å². The summed E-state index contributed by atoms with van der Waals surface area (Å²) in [5.74, 6) is -1.89. The largest absolute Gasteiger partial charge is 0.505 e. The van der Waals surface area contributed by atoms with Crippen LogP contribution in [0.5, 0.6) is 0 Å². The molecule has 3 aromatic heterocycles. The van der Waals surface area contributed by atoms with E-state index in [-0.39, 0.29) is 16.5 Å². The molecule has 32 heavy (non-hydrogen) atoms. The average molecular weight is 466 g/mol. The number of benzene rings is 1. The van der Waals surface area contributed by atoms with Gasteiger partial charge < -0.3 is 5.11 Å². The van der Waals surface area contributed by atoms with E-state index in [1.54, 1.807) is 60.8 Å². The van der Waals surface area contributed by atoms with E-state index in [1.165, 1.54) is 16.2 Å². The molecule has 160 valence electrons. The molecule has 0 spiro atoms. The Hall–Kier alpha value is -3.56. The second-order valence-corrected chi connectivity index (χ2v) is 8.90. The predicted molar refractivity (Wildman–Crippen MR) is 121 cm³/mol. The number of halogens is 1. The van der Waals surface area contributed by atoms with Crippen LogP contribution in [0.3, 0.4) is 0 Å². The molecule has 0 aliphatic carbocycles. The van der Waals surface area contributed by atoms with Crippen LogP contribution in [0.4, 0.5) is 5.13 Å². The molecule has 0 radical (unpaired) electrons. The number of ketones is 1. The molecule has 1 N–H and O–H groups in total. The second kappa shape index (κ2) is 7.54. The van der Waals surface area contributed by atoms with Gasteiger partial charge in [-0.25, -0.2) is 4.98 Å². The van der Waals surface area contributed by atoms with Gasteiger partial charge in [-0.3, -0.25) is 18.9 Å². The minimum absolute atomic E-state index is 0.0427. The summed E-state index contributed by atoms with van der Waals surface area (Å²) in [6, 6.07) is 11.3. The minimum atomic E-state index is -0.895. The average Bonchev–Trinajstić information content (AvgIpc) is 3.42. The maximum absolute atomic E-state index is 13.2. The van der Waals surface area contributed by atoms with Crippen LogP contribution in [0.1, 0.15) is 28.0 Å². The third-order valence-electron chi connectivity index (χ3n) is 5.28. The number of aromatic nitrogens is 4. The van der Waals surface area contributed by atoms with Gasteiger partial charge in [0.25, 0.3) is 5.78 Å². The molecule has 10 heteroatoms. The number of fused-ring (bicyclic) bond motifs is 1. The SMILES string of the molecule is Cc1nnc(N2C(=O)C(=O)C(=C(O)c3c(C)nc4ccccn34)C2c2ccc(Cl)cc2)s1. The highest BCUT2D eigenvalue weighted by atomic mass is 35.5. The Bertz CT molecular complexity index is 1420.